The average Bonchev–Trinajstić information content (AvgIpc) is 2.35. The Bertz CT molecular complexity index is 444. The van der Waals surface area contributed by atoms with E-state index in [0.29, 0.717) is 0 Å². The molecule has 0 unspecified atom stereocenters. The van der Waals surface area contributed by atoms with Crippen LogP contribution in [-0.4, -0.2) is 5.91 Å². The molecule has 1 aromatic carbocycles. The zero-order valence-corrected chi connectivity index (χ0v) is 11.7. The van der Waals surface area contributed by atoms with Crippen LogP contribution in [0.4, 0.5) is 5.69 Å². The van der Waals surface area contributed by atoms with E-state index >= 15 is 0 Å². The minimum Gasteiger partial charge on any atom is -0.326 e. The Morgan fingerprint density at radius 2 is 1.78 bits per heavy atom. The zero-order valence-electron chi connectivity index (χ0n) is 11.7. The topological polar surface area (TPSA) is 29.1 Å². The minimum absolute atomic E-state index is 0.170. The molecule has 1 fully saturated rings. The van der Waals surface area contributed by atoms with Crippen molar-refractivity contribution >= 4 is 11.6 Å². The van der Waals surface area contributed by atoms with Crippen molar-refractivity contribution in [2.24, 2.45) is 5.41 Å². The third-order valence-corrected chi connectivity index (χ3v) is 4.27. The standard InChI is InChI=1S/C16H23NO/c1-12-7-8-14(11-13(12)2)17-15(18)16(3)9-5-4-6-10-16/h7-8,11H,4-6,9-10H2,1-3H3,(H,17,18). The van der Waals surface area contributed by atoms with Crippen molar-refractivity contribution in [1.29, 1.82) is 0 Å². The SMILES string of the molecule is Cc1ccc(NC(=O)C2(C)CCCCC2)cc1C. The second-order valence-electron chi connectivity index (χ2n) is 5.87. The van der Waals surface area contributed by atoms with E-state index in [4.69, 9.17) is 0 Å². The molecule has 1 saturated carbocycles. The van der Waals surface area contributed by atoms with Gasteiger partial charge in [0.2, 0.25) is 5.91 Å². The molecule has 2 nitrogen and oxygen atoms in total. The predicted octanol–water partition coefficient (Wildman–Crippen LogP) is 4.21. The molecule has 18 heavy (non-hydrogen) atoms. The number of carbonyl (C=O) groups is 1. The van der Waals surface area contributed by atoms with Gasteiger partial charge < -0.3 is 5.32 Å². The third-order valence-electron chi connectivity index (χ3n) is 4.27. The maximum absolute atomic E-state index is 12.4. The highest BCUT2D eigenvalue weighted by atomic mass is 16.2. The normalized spacial score (nSPS) is 18.4. The number of amides is 1. The fourth-order valence-electron chi connectivity index (χ4n) is 2.66. The molecule has 1 N–H and O–H groups in total. The van der Waals surface area contributed by atoms with Crippen molar-refractivity contribution in [1.82, 2.24) is 0 Å². The van der Waals surface area contributed by atoms with Gasteiger partial charge >= 0.3 is 0 Å². The van der Waals surface area contributed by atoms with Gasteiger partial charge in [0.1, 0.15) is 0 Å². The van der Waals surface area contributed by atoms with Crippen LogP contribution in [0.1, 0.15) is 50.2 Å². The Kier molecular flexibility index (Phi) is 3.74. The summed E-state index contributed by atoms with van der Waals surface area (Å²) >= 11 is 0. The molecule has 1 aliphatic rings. The van der Waals surface area contributed by atoms with Gasteiger partial charge in [0.25, 0.3) is 0 Å². The number of carbonyl (C=O) groups excluding carboxylic acids is 1. The van der Waals surface area contributed by atoms with Crippen molar-refractivity contribution in [3.63, 3.8) is 0 Å². The Morgan fingerprint density at radius 3 is 2.39 bits per heavy atom. The number of nitrogens with one attached hydrogen (secondary N) is 1. The van der Waals surface area contributed by atoms with Crippen LogP contribution in [0, 0.1) is 19.3 Å². The summed E-state index contributed by atoms with van der Waals surface area (Å²) in [4.78, 5) is 12.4. The fourth-order valence-corrected chi connectivity index (χ4v) is 2.66. The van der Waals surface area contributed by atoms with Crippen LogP contribution in [0.3, 0.4) is 0 Å². The maximum Gasteiger partial charge on any atom is 0.230 e. The molecule has 0 heterocycles. The summed E-state index contributed by atoms with van der Waals surface area (Å²) in [6.07, 6.45) is 5.66. The summed E-state index contributed by atoms with van der Waals surface area (Å²) < 4.78 is 0. The summed E-state index contributed by atoms with van der Waals surface area (Å²) in [5.74, 6) is 0.186. The van der Waals surface area contributed by atoms with Gasteiger partial charge in [0.15, 0.2) is 0 Å². The van der Waals surface area contributed by atoms with Crippen LogP contribution >= 0.6 is 0 Å². The molecular weight excluding hydrogens is 222 g/mol. The number of hydrogen-bond donors (Lipinski definition) is 1. The Hall–Kier alpha value is -1.31. The second-order valence-corrected chi connectivity index (χ2v) is 5.87. The monoisotopic (exact) mass is 245 g/mol. The van der Waals surface area contributed by atoms with E-state index in [1.165, 1.54) is 30.4 Å². The summed E-state index contributed by atoms with van der Waals surface area (Å²) in [7, 11) is 0. The first kappa shape index (κ1) is 13.1. The van der Waals surface area contributed by atoms with Crippen LogP contribution in [-0.2, 0) is 4.79 Å². The smallest absolute Gasteiger partial charge is 0.230 e. The average molecular weight is 245 g/mol. The minimum atomic E-state index is -0.170. The molecule has 0 bridgehead atoms. The number of aryl methyl sites for hydroxylation is 2. The maximum atomic E-state index is 12.4. The number of anilines is 1. The van der Waals surface area contributed by atoms with Crippen LogP contribution < -0.4 is 5.32 Å². The Morgan fingerprint density at radius 1 is 1.11 bits per heavy atom. The molecule has 1 aromatic rings. The first-order valence-electron chi connectivity index (χ1n) is 6.90. The molecule has 0 atom stereocenters. The van der Waals surface area contributed by atoms with Crippen LogP contribution in [0.15, 0.2) is 18.2 Å². The molecule has 1 aliphatic carbocycles. The van der Waals surface area contributed by atoms with E-state index in [9.17, 15) is 4.79 Å². The zero-order chi connectivity index (χ0) is 13.2. The molecule has 0 aliphatic heterocycles. The highest BCUT2D eigenvalue weighted by Crippen LogP contribution is 2.36. The van der Waals surface area contributed by atoms with Crippen molar-refractivity contribution in [3.8, 4) is 0 Å². The van der Waals surface area contributed by atoms with Gasteiger partial charge in [-0.05, 0) is 49.9 Å². The number of benzene rings is 1. The van der Waals surface area contributed by atoms with E-state index in [1.54, 1.807) is 0 Å². The first-order valence-corrected chi connectivity index (χ1v) is 6.90. The van der Waals surface area contributed by atoms with Crippen molar-refractivity contribution < 1.29 is 4.79 Å². The Balaban J connectivity index is 2.08. The van der Waals surface area contributed by atoms with Gasteiger partial charge in [-0.25, -0.2) is 0 Å². The van der Waals surface area contributed by atoms with Crippen LogP contribution in [0.25, 0.3) is 0 Å². The van der Waals surface area contributed by atoms with Gasteiger partial charge in [-0.2, -0.15) is 0 Å². The largest absolute Gasteiger partial charge is 0.326 e. The van der Waals surface area contributed by atoms with Gasteiger partial charge in [-0.15, -0.1) is 0 Å². The lowest BCUT2D eigenvalue weighted by Crippen LogP contribution is -2.35. The van der Waals surface area contributed by atoms with Crippen molar-refractivity contribution in [3.05, 3.63) is 29.3 Å². The molecular formula is C16H23NO. The summed E-state index contributed by atoms with van der Waals surface area (Å²) in [6, 6.07) is 6.11. The third kappa shape index (κ3) is 2.74. The lowest BCUT2D eigenvalue weighted by Gasteiger charge is -2.32. The molecule has 98 valence electrons. The molecule has 2 rings (SSSR count). The number of hydrogen-bond acceptors (Lipinski definition) is 1. The molecule has 0 saturated heterocycles. The quantitative estimate of drug-likeness (QED) is 0.830. The summed E-state index contributed by atoms with van der Waals surface area (Å²) in [5, 5.41) is 3.08. The van der Waals surface area contributed by atoms with Crippen LogP contribution in [0.5, 0.6) is 0 Å². The second kappa shape index (κ2) is 5.13. The highest BCUT2D eigenvalue weighted by molar-refractivity contribution is 5.95. The lowest BCUT2D eigenvalue weighted by atomic mass is 9.75. The van der Waals surface area contributed by atoms with Crippen molar-refractivity contribution in [2.75, 3.05) is 5.32 Å². The van der Waals surface area contributed by atoms with Crippen LogP contribution in [0.2, 0.25) is 0 Å². The lowest BCUT2D eigenvalue weighted by molar-refractivity contribution is -0.126. The van der Waals surface area contributed by atoms with E-state index in [-0.39, 0.29) is 11.3 Å². The molecule has 0 spiro atoms. The van der Waals surface area contributed by atoms with Gasteiger partial charge in [-0.3, -0.25) is 4.79 Å². The molecule has 0 aromatic heterocycles. The summed E-state index contributed by atoms with van der Waals surface area (Å²) in [5.41, 5.74) is 3.24. The first-order chi connectivity index (χ1) is 8.51. The molecule has 0 radical (unpaired) electrons. The van der Waals surface area contributed by atoms with E-state index in [2.05, 4.69) is 38.2 Å². The Labute approximate surface area is 110 Å². The fraction of sp³-hybridized carbons (Fsp3) is 0.562. The van der Waals surface area contributed by atoms with Gasteiger partial charge in [0, 0.05) is 11.1 Å². The van der Waals surface area contributed by atoms with Gasteiger partial charge in [0.05, 0.1) is 0 Å². The highest BCUT2D eigenvalue weighted by Gasteiger charge is 2.34. The molecule has 1 amide bonds. The van der Waals surface area contributed by atoms with E-state index in [0.717, 1.165) is 18.5 Å². The van der Waals surface area contributed by atoms with E-state index < -0.39 is 0 Å². The predicted molar refractivity (Wildman–Crippen MR) is 75.7 cm³/mol. The van der Waals surface area contributed by atoms with E-state index in [1.807, 2.05) is 6.07 Å². The van der Waals surface area contributed by atoms with Crippen molar-refractivity contribution in [2.45, 2.75) is 52.9 Å². The molecule has 2 heteroatoms. The van der Waals surface area contributed by atoms with Gasteiger partial charge in [-0.1, -0.05) is 32.3 Å². The number of rotatable bonds is 2. The summed E-state index contributed by atoms with van der Waals surface area (Å²) in [6.45, 7) is 6.26.